The van der Waals surface area contributed by atoms with Gasteiger partial charge in [-0.1, -0.05) is 0 Å². The van der Waals surface area contributed by atoms with Gasteiger partial charge < -0.3 is 10.4 Å². The lowest BCUT2D eigenvalue weighted by Crippen LogP contribution is -2.26. The lowest BCUT2D eigenvalue weighted by atomic mass is 10.4. The predicted octanol–water partition coefficient (Wildman–Crippen LogP) is 0.669. The van der Waals surface area contributed by atoms with Crippen LogP contribution >= 0.6 is 0 Å². The van der Waals surface area contributed by atoms with Crippen LogP contribution in [0, 0.1) is 0 Å². The van der Waals surface area contributed by atoms with Crippen LogP contribution in [0.3, 0.4) is 0 Å². The van der Waals surface area contributed by atoms with Gasteiger partial charge in [0.25, 0.3) is 5.91 Å². The Morgan fingerprint density at radius 3 is 2.75 bits per heavy atom. The zero-order valence-electron chi connectivity index (χ0n) is 9.30. The van der Waals surface area contributed by atoms with Crippen molar-refractivity contribution < 1.29 is 14.7 Å². The average Bonchev–Trinajstić information content (AvgIpc) is 2.65. The molecule has 0 radical (unpaired) electrons. The molecule has 16 heavy (non-hydrogen) atoms. The van der Waals surface area contributed by atoms with Crippen LogP contribution in [0.25, 0.3) is 0 Å². The molecule has 6 heteroatoms. The molecule has 1 rings (SSSR count). The van der Waals surface area contributed by atoms with Crippen molar-refractivity contribution >= 4 is 11.9 Å². The zero-order valence-corrected chi connectivity index (χ0v) is 9.30. The standard InChI is InChI=1S/C10H15N3O3/c1-7(2)13-6-4-8(12-13)10(16)11-5-3-9(14)15/h4,6-7H,3,5H2,1-2H3,(H,11,16)(H,14,15). The number of carboxylic acid groups (broad SMARTS) is 1. The van der Waals surface area contributed by atoms with Crippen LogP contribution < -0.4 is 5.32 Å². The van der Waals surface area contributed by atoms with E-state index in [-0.39, 0.29) is 24.9 Å². The molecular formula is C10H15N3O3. The molecule has 0 aliphatic rings. The van der Waals surface area contributed by atoms with Crippen LogP contribution in [0.2, 0.25) is 0 Å². The molecule has 2 N–H and O–H groups in total. The highest BCUT2D eigenvalue weighted by Gasteiger charge is 2.10. The fourth-order valence-electron chi connectivity index (χ4n) is 1.12. The molecule has 0 unspecified atom stereocenters. The first-order chi connectivity index (χ1) is 7.50. The van der Waals surface area contributed by atoms with E-state index in [9.17, 15) is 9.59 Å². The maximum Gasteiger partial charge on any atom is 0.305 e. The van der Waals surface area contributed by atoms with Gasteiger partial charge in [0.05, 0.1) is 6.42 Å². The molecule has 0 saturated carbocycles. The second kappa shape index (κ2) is 5.29. The maximum atomic E-state index is 11.5. The van der Waals surface area contributed by atoms with Crippen molar-refractivity contribution in [1.82, 2.24) is 15.1 Å². The fourth-order valence-corrected chi connectivity index (χ4v) is 1.12. The van der Waals surface area contributed by atoms with Gasteiger partial charge in [0.1, 0.15) is 5.69 Å². The Balaban J connectivity index is 2.49. The van der Waals surface area contributed by atoms with Crippen molar-refractivity contribution in [3.63, 3.8) is 0 Å². The summed E-state index contributed by atoms with van der Waals surface area (Å²) in [4.78, 5) is 21.7. The zero-order chi connectivity index (χ0) is 12.1. The lowest BCUT2D eigenvalue weighted by molar-refractivity contribution is -0.136. The van der Waals surface area contributed by atoms with E-state index in [1.54, 1.807) is 16.9 Å². The summed E-state index contributed by atoms with van der Waals surface area (Å²) in [5.74, 6) is -1.28. The minimum atomic E-state index is -0.937. The average molecular weight is 225 g/mol. The third kappa shape index (κ3) is 3.38. The minimum absolute atomic E-state index is 0.0867. The number of aromatic nitrogens is 2. The summed E-state index contributed by atoms with van der Waals surface area (Å²) in [7, 11) is 0. The molecule has 0 aliphatic carbocycles. The van der Waals surface area contributed by atoms with Gasteiger partial charge in [0, 0.05) is 18.8 Å². The molecule has 0 aromatic carbocycles. The van der Waals surface area contributed by atoms with Gasteiger partial charge >= 0.3 is 5.97 Å². The summed E-state index contributed by atoms with van der Waals surface area (Å²) in [6.45, 7) is 4.03. The van der Waals surface area contributed by atoms with Crippen LogP contribution in [-0.2, 0) is 4.79 Å². The Labute approximate surface area is 93.3 Å². The molecule has 0 bridgehead atoms. The van der Waals surface area contributed by atoms with E-state index in [0.29, 0.717) is 5.69 Å². The second-order valence-electron chi connectivity index (χ2n) is 3.67. The summed E-state index contributed by atoms with van der Waals surface area (Å²) in [6.07, 6.45) is 1.63. The highest BCUT2D eigenvalue weighted by atomic mass is 16.4. The van der Waals surface area contributed by atoms with E-state index in [1.165, 1.54) is 0 Å². The van der Waals surface area contributed by atoms with Gasteiger partial charge in [0.15, 0.2) is 0 Å². The Hall–Kier alpha value is -1.85. The largest absolute Gasteiger partial charge is 0.481 e. The van der Waals surface area contributed by atoms with Gasteiger partial charge in [-0.2, -0.15) is 5.10 Å². The van der Waals surface area contributed by atoms with E-state index in [0.717, 1.165) is 0 Å². The Bertz CT molecular complexity index is 384. The molecule has 0 saturated heterocycles. The third-order valence-electron chi connectivity index (χ3n) is 1.99. The number of carbonyl (C=O) groups excluding carboxylic acids is 1. The molecule has 6 nitrogen and oxygen atoms in total. The summed E-state index contributed by atoms with van der Waals surface area (Å²) >= 11 is 0. The molecule has 88 valence electrons. The number of amides is 1. The van der Waals surface area contributed by atoms with Gasteiger partial charge in [-0.05, 0) is 19.9 Å². The topological polar surface area (TPSA) is 84.2 Å². The second-order valence-corrected chi connectivity index (χ2v) is 3.67. The Kier molecular flexibility index (Phi) is 4.04. The number of carbonyl (C=O) groups is 2. The number of hydrogen-bond donors (Lipinski definition) is 2. The summed E-state index contributed by atoms with van der Waals surface area (Å²) in [6, 6.07) is 1.80. The Morgan fingerprint density at radius 2 is 2.25 bits per heavy atom. The van der Waals surface area contributed by atoms with Gasteiger partial charge in [-0.15, -0.1) is 0 Å². The molecule has 0 spiro atoms. The first kappa shape index (κ1) is 12.2. The summed E-state index contributed by atoms with van der Waals surface area (Å²) in [5, 5.41) is 15.0. The number of aliphatic carboxylic acids is 1. The highest BCUT2D eigenvalue weighted by molar-refractivity contribution is 5.92. The monoisotopic (exact) mass is 225 g/mol. The minimum Gasteiger partial charge on any atom is -0.481 e. The first-order valence-electron chi connectivity index (χ1n) is 5.06. The van der Waals surface area contributed by atoms with Crippen LogP contribution in [0.5, 0.6) is 0 Å². The molecule has 0 aliphatic heterocycles. The summed E-state index contributed by atoms with van der Waals surface area (Å²) in [5.41, 5.74) is 0.305. The van der Waals surface area contributed by atoms with Crippen molar-refractivity contribution in [2.75, 3.05) is 6.54 Å². The smallest absolute Gasteiger partial charge is 0.305 e. The van der Waals surface area contributed by atoms with Gasteiger partial charge in [0.2, 0.25) is 0 Å². The summed E-state index contributed by atoms with van der Waals surface area (Å²) < 4.78 is 1.67. The maximum absolute atomic E-state index is 11.5. The highest BCUT2D eigenvalue weighted by Crippen LogP contribution is 2.03. The molecule has 0 atom stereocenters. The van der Waals surface area contributed by atoms with E-state index >= 15 is 0 Å². The van der Waals surface area contributed by atoms with E-state index < -0.39 is 5.97 Å². The predicted molar refractivity (Wildman–Crippen MR) is 57.2 cm³/mol. The Morgan fingerprint density at radius 1 is 1.56 bits per heavy atom. The number of hydrogen-bond acceptors (Lipinski definition) is 3. The van der Waals surface area contributed by atoms with E-state index in [2.05, 4.69) is 10.4 Å². The number of rotatable bonds is 5. The molecule has 1 aromatic rings. The van der Waals surface area contributed by atoms with E-state index in [1.807, 2.05) is 13.8 Å². The molecular weight excluding hydrogens is 210 g/mol. The molecule has 0 fully saturated rings. The molecule has 1 heterocycles. The fraction of sp³-hybridized carbons (Fsp3) is 0.500. The number of carboxylic acids is 1. The third-order valence-corrected chi connectivity index (χ3v) is 1.99. The van der Waals surface area contributed by atoms with Crippen LogP contribution in [-0.4, -0.2) is 33.3 Å². The van der Waals surface area contributed by atoms with E-state index in [4.69, 9.17) is 5.11 Å². The van der Waals surface area contributed by atoms with Crippen molar-refractivity contribution in [1.29, 1.82) is 0 Å². The van der Waals surface area contributed by atoms with Crippen molar-refractivity contribution in [3.8, 4) is 0 Å². The van der Waals surface area contributed by atoms with Gasteiger partial charge in [-0.25, -0.2) is 0 Å². The molecule has 1 amide bonds. The number of nitrogens with one attached hydrogen (secondary N) is 1. The van der Waals surface area contributed by atoms with Crippen molar-refractivity contribution in [3.05, 3.63) is 18.0 Å². The van der Waals surface area contributed by atoms with Crippen LogP contribution in [0.1, 0.15) is 36.8 Å². The van der Waals surface area contributed by atoms with Crippen molar-refractivity contribution in [2.24, 2.45) is 0 Å². The van der Waals surface area contributed by atoms with Crippen LogP contribution in [0.15, 0.2) is 12.3 Å². The lowest BCUT2D eigenvalue weighted by Gasteiger charge is -2.04. The normalized spacial score (nSPS) is 10.4. The van der Waals surface area contributed by atoms with Crippen molar-refractivity contribution in [2.45, 2.75) is 26.3 Å². The quantitative estimate of drug-likeness (QED) is 0.771. The van der Waals surface area contributed by atoms with Gasteiger partial charge in [-0.3, -0.25) is 14.3 Å². The number of nitrogens with zero attached hydrogens (tertiary/aromatic N) is 2. The molecule has 1 aromatic heterocycles. The first-order valence-corrected chi connectivity index (χ1v) is 5.06. The SMILES string of the molecule is CC(C)n1ccc(C(=O)NCCC(=O)O)n1. The van der Waals surface area contributed by atoms with Crippen LogP contribution in [0.4, 0.5) is 0 Å².